The molecule has 7 nitrogen and oxygen atoms in total. The Hall–Kier alpha value is -3.13. The van der Waals surface area contributed by atoms with E-state index in [1.165, 1.54) is 22.9 Å². The van der Waals surface area contributed by atoms with Crippen LogP contribution >= 0.6 is 11.8 Å². The Balaban J connectivity index is 1.39. The monoisotopic (exact) mass is 407 g/mol. The lowest BCUT2D eigenvalue weighted by Gasteiger charge is -2.29. The van der Waals surface area contributed by atoms with Gasteiger partial charge in [-0.2, -0.15) is 0 Å². The molecule has 0 radical (unpaired) electrons. The first-order valence-electron chi connectivity index (χ1n) is 9.33. The summed E-state index contributed by atoms with van der Waals surface area (Å²) >= 11 is 1.31. The van der Waals surface area contributed by atoms with Gasteiger partial charge in [-0.25, -0.2) is 0 Å². The lowest BCUT2D eigenvalue weighted by atomic mass is 9.99. The molecule has 2 amide bonds. The first kappa shape index (κ1) is 19.2. The van der Waals surface area contributed by atoms with Gasteiger partial charge in [-0.1, -0.05) is 42.1 Å². The lowest BCUT2D eigenvalue weighted by molar-refractivity contribution is -0.113. The van der Waals surface area contributed by atoms with Crippen LogP contribution < -0.4 is 5.32 Å². The molecule has 0 atom stereocenters. The Kier molecular flexibility index (Phi) is 5.62. The summed E-state index contributed by atoms with van der Waals surface area (Å²) in [6.45, 7) is 1.31. The highest BCUT2D eigenvalue weighted by molar-refractivity contribution is 7.99. The highest BCUT2D eigenvalue weighted by atomic mass is 32.2. The van der Waals surface area contributed by atoms with E-state index in [0.717, 1.165) is 6.42 Å². The zero-order chi connectivity index (χ0) is 20.2. The number of amides is 2. The second kappa shape index (κ2) is 8.48. The van der Waals surface area contributed by atoms with Crippen LogP contribution in [-0.2, 0) is 24.8 Å². The molecule has 0 spiro atoms. The first-order valence-corrected chi connectivity index (χ1v) is 10.3. The molecule has 4 rings (SSSR count). The molecule has 2 aromatic carbocycles. The fraction of sp³-hybridized carbons (Fsp3) is 0.238. The van der Waals surface area contributed by atoms with E-state index < -0.39 is 0 Å². The van der Waals surface area contributed by atoms with Gasteiger partial charge in [0.25, 0.3) is 5.91 Å². The maximum atomic E-state index is 13.0. The highest BCUT2D eigenvalue weighted by Gasteiger charge is 2.21. The van der Waals surface area contributed by atoms with E-state index in [1.807, 2.05) is 24.1 Å². The van der Waals surface area contributed by atoms with Crippen molar-refractivity contribution >= 4 is 29.3 Å². The Morgan fingerprint density at radius 2 is 1.97 bits per heavy atom. The number of carbonyl (C=O) groups excluding carboxylic acids is 2. The molecule has 0 unspecified atom stereocenters. The Morgan fingerprint density at radius 1 is 1.14 bits per heavy atom. The largest absolute Gasteiger partial charge is 0.334 e. The molecule has 2 heterocycles. The van der Waals surface area contributed by atoms with Gasteiger partial charge in [0.05, 0.1) is 5.75 Å². The second-order valence-corrected chi connectivity index (χ2v) is 7.83. The van der Waals surface area contributed by atoms with E-state index in [1.54, 1.807) is 35.2 Å². The number of nitrogens with zero attached hydrogens (tertiary/aromatic N) is 4. The van der Waals surface area contributed by atoms with E-state index in [4.69, 9.17) is 0 Å². The number of rotatable bonds is 5. The van der Waals surface area contributed by atoms with Gasteiger partial charge >= 0.3 is 0 Å². The Labute approximate surface area is 173 Å². The van der Waals surface area contributed by atoms with Crippen molar-refractivity contribution < 1.29 is 9.59 Å². The van der Waals surface area contributed by atoms with Crippen molar-refractivity contribution in [1.29, 1.82) is 0 Å². The Bertz CT molecular complexity index is 1050. The molecule has 3 aromatic rings. The second-order valence-electron chi connectivity index (χ2n) is 6.89. The molecule has 29 heavy (non-hydrogen) atoms. The summed E-state index contributed by atoms with van der Waals surface area (Å²) in [5, 5.41) is 11.3. The van der Waals surface area contributed by atoms with Gasteiger partial charge in [-0.15, -0.1) is 10.2 Å². The van der Waals surface area contributed by atoms with Gasteiger partial charge in [0, 0.05) is 31.4 Å². The number of hydrogen-bond donors (Lipinski definition) is 1. The van der Waals surface area contributed by atoms with E-state index in [0.29, 0.717) is 29.5 Å². The van der Waals surface area contributed by atoms with Crippen molar-refractivity contribution in [2.24, 2.45) is 7.05 Å². The molecule has 0 saturated heterocycles. The number of hydrogen-bond acceptors (Lipinski definition) is 5. The fourth-order valence-electron chi connectivity index (χ4n) is 3.31. The van der Waals surface area contributed by atoms with Crippen LogP contribution in [0.25, 0.3) is 0 Å². The fourth-order valence-corrected chi connectivity index (χ4v) is 4.00. The minimum atomic E-state index is -0.158. The topological polar surface area (TPSA) is 80.1 Å². The van der Waals surface area contributed by atoms with Crippen LogP contribution in [0.4, 0.5) is 5.69 Å². The molecule has 1 aromatic heterocycles. The van der Waals surface area contributed by atoms with Gasteiger partial charge in [0.2, 0.25) is 5.91 Å². The van der Waals surface area contributed by atoms with Crippen molar-refractivity contribution in [2.45, 2.75) is 18.1 Å². The van der Waals surface area contributed by atoms with Gasteiger partial charge < -0.3 is 14.8 Å². The summed E-state index contributed by atoms with van der Waals surface area (Å²) < 4.78 is 1.76. The number of thioether (sulfide) groups is 1. The molecule has 1 aliphatic heterocycles. The summed E-state index contributed by atoms with van der Waals surface area (Å²) in [5.74, 6) is 0.0340. The molecule has 148 valence electrons. The average Bonchev–Trinajstić information content (AvgIpc) is 3.16. The number of carbonyl (C=O) groups is 2. The normalized spacial score (nSPS) is 13.1. The van der Waals surface area contributed by atoms with Gasteiger partial charge in [0.1, 0.15) is 6.33 Å². The van der Waals surface area contributed by atoms with Crippen molar-refractivity contribution in [3.05, 3.63) is 71.5 Å². The van der Waals surface area contributed by atoms with Gasteiger partial charge in [-0.3, -0.25) is 9.59 Å². The number of fused-ring (bicyclic) bond motifs is 1. The van der Waals surface area contributed by atoms with Crippen molar-refractivity contribution in [3.63, 3.8) is 0 Å². The smallest absolute Gasteiger partial charge is 0.254 e. The summed E-state index contributed by atoms with van der Waals surface area (Å²) in [5.41, 5.74) is 3.68. The summed E-state index contributed by atoms with van der Waals surface area (Å²) in [7, 11) is 1.83. The predicted molar refractivity (Wildman–Crippen MR) is 112 cm³/mol. The summed E-state index contributed by atoms with van der Waals surface area (Å²) in [6, 6.07) is 15.3. The first-order chi connectivity index (χ1) is 14.1. The van der Waals surface area contributed by atoms with Crippen LogP contribution in [0.3, 0.4) is 0 Å². The highest BCUT2D eigenvalue weighted by Crippen LogP contribution is 2.21. The molecule has 8 heteroatoms. The van der Waals surface area contributed by atoms with Crippen LogP contribution in [0.2, 0.25) is 0 Å². The molecule has 0 bridgehead atoms. The predicted octanol–water partition coefficient (Wildman–Crippen LogP) is 2.74. The van der Waals surface area contributed by atoms with E-state index in [9.17, 15) is 9.59 Å². The number of aryl methyl sites for hydroxylation is 1. The molecular formula is C21H21N5O2S. The maximum absolute atomic E-state index is 13.0. The minimum Gasteiger partial charge on any atom is -0.334 e. The van der Waals surface area contributed by atoms with Crippen molar-refractivity contribution in [3.8, 4) is 0 Å². The maximum Gasteiger partial charge on any atom is 0.254 e. The Morgan fingerprint density at radius 3 is 2.76 bits per heavy atom. The minimum absolute atomic E-state index is 0.0240. The molecule has 1 aliphatic rings. The SMILES string of the molecule is Cn1cnnc1SCC(=O)Nc1cccc(C(=O)N2CCc3ccccc3C2)c1. The lowest BCUT2D eigenvalue weighted by Crippen LogP contribution is -2.35. The third-order valence-corrected chi connectivity index (χ3v) is 5.85. The van der Waals surface area contributed by atoms with Crippen LogP contribution in [0.5, 0.6) is 0 Å². The molecule has 0 aliphatic carbocycles. The van der Waals surface area contributed by atoms with Crippen molar-refractivity contribution in [2.75, 3.05) is 17.6 Å². The zero-order valence-corrected chi connectivity index (χ0v) is 16.9. The summed E-state index contributed by atoms with van der Waals surface area (Å²) in [6.07, 6.45) is 2.45. The van der Waals surface area contributed by atoms with E-state index >= 15 is 0 Å². The van der Waals surface area contributed by atoms with Gasteiger partial charge in [0.15, 0.2) is 5.16 Å². The number of anilines is 1. The van der Waals surface area contributed by atoms with E-state index in [-0.39, 0.29) is 17.6 Å². The van der Waals surface area contributed by atoms with Crippen molar-refractivity contribution in [1.82, 2.24) is 19.7 Å². The zero-order valence-electron chi connectivity index (χ0n) is 16.0. The van der Waals surface area contributed by atoms with Crippen LogP contribution in [0.15, 0.2) is 60.0 Å². The third-order valence-electron chi connectivity index (χ3n) is 4.81. The van der Waals surface area contributed by atoms with Crippen LogP contribution in [-0.4, -0.2) is 43.8 Å². The molecular weight excluding hydrogens is 386 g/mol. The quantitative estimate of drug-likeness (QED) is 0.658. The standard InChI is InChI=1S/C21H21N5O2S/c1-25-14-22-24-21(25)29-13-19(27)23-18-8-4-7-16(11-18)20(28)26-10-9-15-5-2-3-6-17(15)12-26/h2-8,11,14H,9-10,12-13H2,1H3,(H,23,27). The molecule has 0 saturated carbocycles. The average molecular weight is 407 g/mol. The third kappa shape index (κ3) is 4.48. The van der Waals surface area contributed by atoms with Crippen LogP contribution in [0.1, 0.15) is 21.5 Å². The van der Waals surface area contributed by atoms with Gasteiger partial charge in [-0.05, 0) is 35.7 Å². The number of aromatic nitrogens is 3. The molecule has 0 fully saturated rings. The van der Waals surface area contributed by atoms with E-state index in [2.05, 4.69) is 27.6 Å². The number of nitrogens with one attached hydrogen (secondary N) is 1. The van der Waals surface area contributed by atoms with Crippen LogP contribution in [0, 0.1) is 0 Å². The molecule has 1 N–H and O–H groups in total. The number of benzene rings is 2. The summed E-state index contributed by atoms with van der Waals surface area (Å²) in [4.78, 5) is 27.1.